The van der Waals surface area contributed by atoms with Crippen molar-refractivity contribution in [3.63, 3.8) is 0 Å². The lowest BCUT2D eigenvalue weighted by Crippen LogP contribution is -2.19. The molecule has 0 bridgehead atoms. The van der Waals surface area contributed by atoms with Crippen molar-refractivity contribution in [3.05, 3.63) is 35.4 Å². The molecule has 2 rings (SSSR count). The normalized spacial score (nSPS) is 12.4. The minimum atomic E-state index is -0.376. The zero-order chi connectivity index (χ0) is 13.8. The number of aryl methyl sites for hydroxylation is 1. The van der Waals surface area contributed by atoms with Gasteiger partial charge in [0.15, 0.2) is 17.4 Å². The highest BCUT2D eigenvalue weighted by Crippen LogP contribution is 2.24. The van der Waals surface area contributed by atoms with Crippen molar-refractivity contribution in [1.29, 1.82) is 0 Å². The highest BCUT2D eigenvalue weighted by molar-refractivity contribution is 5.32. The molecule has 0 saturated carbocycles. The second kappa shape index (κ2) is 5.75. The lowest BCUT2D eigenvalue weighted by atomic mass is 10.0. The number of rotatable bonds is 5. The molecule has 0 saturated heterocycles. The number of methoxy groups -OCH3 is 1. The monoisotopic (exact) mass is 265 g/mol. The van der Waals surface area contributed by atoms with E-state index in [1.807, 2.05) is 7.05 Å². The summed E-state index contributed by atoms with van der Waals surface area (Å²) in [5.74, 6) is 0.480. The lowest BCUT2D eigenvalue weighted by Gasteiger charge is -2.15. The first kappa shape index (κ1) is 13.4. The van der Waals surface area contributed by atoms with Crippen LogP contribution in [-0.2, 0) is 13.5 Å². The summed E-state index contributed by atoms with van der Waals surface area (Å²) in [4.78, 5) is 1.41. The maximum Gasteiger partial charge on any atom is 0.176 e. The number of hydrogen-bond acceptors (Lipinski definition) is 5. The summed E-state index contributed by atoms with van der Waals surface area (Å²) >= 11 is 0. The molecule has 6 nitrogen and oxygen atoms in total. The van der Waals surface area contributed by atoms with Crippen LogP contribution in [0.25, 0.3) is 0 Å². The molecule has 0 aliphatic carbocycles. The Morgan fingerprint density at radius 2 is 2.26 bits per heavy atom. The fourth-order valence-electron chi connectivity index (χ4n) is 1.87. The van der Waals surface area contributed by atoms with Crippen LogP contribution in [0, 0.1) is 5.82 Å². The average molecular weight is 265 g/mol. The van der Waals surface area contributed by atoms with Gasteiger partial charge in [-0.25, -0.2) is 4.39 Å². The van der Waals surface area contributed by atoms with Crippen LogP contribution in [0.15, 0.2) is 18.2 Å². The molecule has 1 aromatic carbocycles. The molecule has 7 heteroatoms. The van der Waals surface area contributed by atoms with Crippen molar-refractivity contribution in [2.75, 3.05) is 14.2 Å². The first-order valence-corrected chi connectivity index (χ1v) is 5.87. The van der Waals surface area contributed by atoms with Crippen LogP contribution in [0.4, 0.5) is 4.39 Å². The standard InChI is InChI=1S/C12H16FN5O/c1-14-10(7-12-15-17-18(2)16-12)8-4-5-9(13)11(6-8)19-3/h4-6,10,14H,7H2,1-3H3. The number of aromatic nitrogens is 4. The predicted molar refractivity (Wildman–Crippen MR) is 67.3 cm³/mol. The third-order valence-electron chi connectivity index (χ3n) is 2.86. The van der Waals surface area contributed by atoms with Crippen LogP contribution in [0.3, 0.4) is 0 Å². The number of likely N-dealkylation sites (N-methyl/N-ethyl adjacent to an activating group) is 1. The number of tetrazole rings is 1. The van der Waals surface area contributed by atoms with E-state index < -0.39 is 0 Å². The van der Waals surface area contributed by atoms with E-state index in [-0.39, 0.29) is 17.6 Å². The smallest absolute Gasteiger partial charge is 0.176 e. The van der Waals surface area contributed by atoms with Gasteiger partial charge in [-0.05, 0) is 30.0 Å². The summed E-state index contributed by atoms with van der Waals surface area (Å²) in [6.07, 6.45) is 0.569. The van der Waals surface area contributed by atoms with Crippen LogP contribution in [-0.4, -0.2) is 34.4 Å². The highest BCUT2D eigenvalue weighted by atomic mass is 19.1. The van der Waals surface area contributed by atoms with Crippen LogP contribution >= 0.6 is 0 Å². The van der Waals surface area contributed by atoms with E-state index in [1.54, 1.807) is 19.2 Å². The van der Waals surface area contributed by atoms with Gasteiger partial charge >= 0.3 is 0 Å². The van der Waals surface area contributed by atoms with Gasteiger partial charge in [-0.3, -0.25) is 0 Å². The molecular formula is C12H16FN5O. The third kappa shape index (κ3) is 3.05. The van der Waals surface area contributed by atoms with Crippen LogP contribution in [0.1, 0.15) is 17.4 Å². The van der Waals surface area contributed by atoms with Gasteiger partial charge in [0, 0.05) is 12.5 Å². The first-order chi connectivity index (χ1) is 9.13. The van der Waals surface area contributed by atoms with Gasteiger partial charge in [0.1, 0.15) is 0 Å². The summed E-state index contributed by atoms with van der Waals surface area (Å²) in [5.41, 5.74) is 0.910. The summed E-state index contributed by atoms with van der Waals surface area (Å²) in [6.45, 7) is 0. The fourth-order valence-corrected chi connectivity index (χ4v) is 1.87. The highest BCUT2D eigenvalue weighted by Gasteiger charge is 2.15. The molecule has 1 N–H and O–H groups in total. The molecule has 0 aliphatic heterocycles. The minimum absolute atomic E-state index is 0.0290. The SMILES string of the molecule is CNC(Cc1nnn(C)n1)c1ccc(F)c(OC)c1. The molecular weight excluding hydrogens is 249 g/mol. The Labute approximate surface area is 110 Å². The molecule has 1 aromatic heterocycles. The first-order valence-electron chi connectivity index (χ1n) is 5.87. The maximum atomic E-state index is 13.4. The van der Waals surface area contributed by atoms with Gasteiger partial charge in [0.2, 0.25) is 0 Å². The number of nitrogens with zero attached hydrogens (tertiary/aromatic N) is 4. The molecule has 1 unspecified atom stereocenters. The van der Waals surface area contributed by atoms with Crippen molar-refractivity contribution in [2.45, 2.75) is 12.5 Å². The van der Waals surface area contributed by atoms with Crippen molar-refractivity contribution in [1.82, 2.24) is 25.5 Å². The Hall–Kier alpha value is -2.02. The summed E-state index contributed by atoms with van der Waals surface area (Å²) in [5, 5.41) is 15.0. The Kier molecular flexibility index (Phi) is 4.06. The van der Waals surface area contributed by atoms with Gasteiger partial charge in [-0.1, -0.05) is 6.07 Å². The maximum absolute atomic E-state index is 13.4. The zero-order valence-corrected chi connectivity index (χ0v) is 11.1. The second-order valence-corrected chi connectivity index (χ2v) is 4.13. The van der Waals surface area contributed by atoms with Crippen LogP contribution < -0.4 is 10.1 Å². The quantitative estimate of drug-likeness (QED) is 0.868. The minimum Gasteiger partial charge on any atom is -0.494 e. The van der Waals surface area contributed by atoms with E-state index in [2.05, 4.69) is 20.7 Å². The third-order valence-corrected chi connectivity index (χ3v) is 2.86. The fraction of sp³-hybridized carbons (Fsp3) is 0.417. The van der Waals surface area contributed by atoms with E-state index in [1.165, 1.54) is 18.0 Å². The van der Waals surface area contributed by atoms with Crippen LogP contribution in [0.2, 0.25) is 0 Å². The topological polar surface area (TPSA) is 64.9 Å². The molecule has 2 aromatic rings. The summed E-state index contributed by atoms with van der Waals surface area (Å²) in [6, 6.07) is 4.75. The molecule has 0 radical (unpaired) electrons. The van der Waals surface area contributed by atoms with Gasteiger partial charge in [0.25, 0.3) is 0 Å². The Morgan fingerprint density at radius 3 is 2.84 bits per heavy atom. The Balaban J connectivity index is 2.21. The lowest BCUT2D eigenvalue weighted by molar-refractivity contribution is 0.385. The summed E-state index contributed by atoms with van der Waals surface area (Å²) < 4.78 is 18.4. The van der Waals surface area contributed by atoms with Gasteiger partial charge in [-0.15, -0.1) is 10.2 Å². The van der Waals surface area contributed by atoms with Crippen molar-refractivity contribution in [3.8, 4) is 5.75 Å². The van der Waals surface area contributed by atoms with Gasteiger partial charge in [0.05, 0.1) is 14.2 Å². The molecule has 1 heterocycles. The largest absolute Gasteiger partial charge is 0.494 e. The number of benzene rings is 1. The van der Waals surface area contributed by atoms with Crippen molar-refractivity contribution in [2.24, 2.45) is 7.05 Å². The average Bonchev–Trinajstić information content (AvgIpc) is 2.82. The molecule has 19 heavy (non-hydrogen) atoms. The number of nitrogens with one attached hydrogen (secondary N) is 1. The van der Waals surface area contributed by atoms with E-state index in [0.717, 1.165) is 5.56 Å². The second-order valence-electron chi connectivity index (χ2n) is 4.13. The number of halogens is 1. The van der Waals surface area contributed by atoms with Gasteiger partial charge < -0.3 is 10.1 Å². The van der Waals surface area contributed by atoms with E-state index in [0.29, 0.717) is 12.2 Å². The summed E-state index contributed by atoms with van der Waals surface area (Å²) in [7, 11) is 4.99. The number of ether oxygens (including phenoxy) is 1. The molecule has 1 atom stereocenters. The van der Waals surface area contributed by atoms with Crippen molar-refractivity contribution >= 4 is 0 Å². The van der Waals surface area contributed by atoms with Gasteiger partial charge in [-0.2, -0.15) is 4.80 Å². The predicted octanol–water partition coefficient (Wildman–Crippen LogP) is 0.861. The zero-order valence-electron chi connectivity index (χ0n) is 11.1. The van der Waals surface area contributed by atoms with Crippen LogP contribution in [0.5, 0.6) is 5.75 Å². The molecule has 0 amide bonds. The number of hydrogen-bond donors (Lipinski definition) is 1. The molecule has 0 aliphatic rings. The molecule has 102 valence electrons. The molecule has 0 fully saturated rings. The van der Waals surface area contributed by atoms with E-state index in [9.17, 15) is 4.39 Å². The van der Waals surface area contributed by atoms with Crippen molar-refractivity contribution < 1.29 is 9.13 Å². The van der Waals surface area contributed by atoms with E-state index in [4.69, 9.17) is 4.74 Å². The Bertz CT molecular complexity index is 557. The van der Waals surface area contributed by atoms with E-state index >= 15 is 0 Å². The molecule has 0 spiro atoms. The Morgan fingerprint density at radius 1 is 1.47 bits per heavy atom.